The summed E-state index contributed by atoms with van der Waals surface area (Å²) < 4.78 is 10.9. The van der Waals surface area contributed by atoms with Gasteiger partial charge in [0.1, 0.15) is 10.8 Å². The number of alkyl halides is 1. The third-order valence-corrected chi connectivity index (χ3v) is 6.61. The Morgan fingerprint density at radius 3 is 2.87 bits per heavy atom. The second-order valence-corrected chi connectivity index (χ2v) is 8.79. The summed E-state index contributed by atoms with van der Waals surface area (Å²) in [6, 6.07) is 6.84. The van der Waals surface area contributed by atoms with Crippen molar-refractivity contribution in [3.63, 3.8) is 0 Å². The molecule has 30 heavy (non-hydrogen) atoms. The van der Waals surface area contributed by atoms with Gasteiger partial charge in [0.25, 0.3) is 0 Å². The third kappa shape index (κ3) is 4.52. The van der Waals surface area contributed by atoms with Crippen LogP contribution >= 0.6 is 22.9 Å². The minimum Gasteiger partial charge on any atom is -0.409 e. The van der Waals surface area contributed by atoms with E-state index in [9.17, 15) is 9.59 Å². The van der Waals surface area contributed by atoms with Crippen LogP contribution in [0.25, 0.3) is 0 Å². The number of halogens is 1. The number of anilines is 1. The maximum atomic E-state index is 12.8. The molecule has 2 heterocycles. The first-order valence-corrected chi connectivity index (χ1v) is 11.3. The zero-order chi connectivity index (χ0) is 21.1. The fourth-order valence-corrected chi connectivity index (χ4v) is 4.67. The van der Waals surface area contributed by atoms with Crippen LogP contribution in [0.2, 0.25) is 0 Å². The van der Waals surface area contributed by atoms with Crippen LogP contribution in [0, 0.1) is 0 Å². The maximum absolute atomic E-state index is 12.8. The molecule has 1 aromatic heterocycles. The van der Waals surface area contributed by atoms with Crippen LogP contribution < -0.4 is 9.64 Å². The molecule has 160 valence electrons. The lowest BCUT2D eigenvalue weighted by Gasteiger charge is -2.36. The number of aromatic nitrogens is 2. The van der Waals surface area contributed by atoms with Crippen molar-refractivity contribution in [1.29, 1.82) is 0 Å². The summed E-state index contributed by atoms with van der Waals surface area (Å²) in [7, 11) is 1.71. The Labute approximate surface area is 183 Å². The molecule has 1 saturated carbocycles. The normalized spacial score (nSPS) is 19.5. The van der Waals surface area contributed by atoms with E-state index in [2.05, 4.69) is 10.2 Å². The Morgan fingerprint density at radius 1 is 1.30 bits per heavy atom. The highest BCUT2D eigenvalue weighted by Gasteiger charge is 2.38. The summed E-state index contributed by atoms with van der Waals surface area (Å²) in [6.07, 6.45) is 2.83. The molecule has 0 spiro atoms. The predicted molar refractivity (Wildman–Crippen MR) is 113 cm³/mol. The average molecular weight is 451 g/mol. The monoisotopic (exact) mass is 450 g/mol. The smallest absolute Gasteiger partial charge is 0.409 e. The summed E-state index contributed by atoms with van der Waals surface area (Å²) in [4.78, 5) is 28.2. The Bertz CT molecular complexity index is 920. The van der Waals surface area contributed by atoms with Crippen molar-refractivity contribution in [2.24, 2.45) is 0 Å². The lowest BCUT2D eigenvalue weighted by Crippen LogP contribution is -2.55. The number of ether oxygens (including phenoxy) is 2. The molecule has 0 radical (unpaired) electrons. The van der Waals surface area contributed by atoms with Gasteiger partial charge in [0.05, 0.1) is 0 Å². The number of carbonyl (C=O) groups excluding carboxylic acids is 2. The molecule has 0 N–H and O–H groups in total. The number of benzene rings is 1. The van der Waals surface area contributed by atoms with Crippen molar-refractivity contribution in [2.75, 3.05) is 24.4 Å². The molecule has 1 aliphatic carbocycles. The van der Waals surface area contributed by atoms with Crippen LogP contribution in [-0.4, -0.2) is 53.0 Å². The molecule has 8 nitrogen and oxygen atoms in total. The van der Waals surface area contributed by atoms with Crippen molar-refractivity contribution in [3.05, 3.63) is 34.8 Å². The second kappa shape index (κ2) is 9.18. The summed E-state index contributed by atoms with van der Waals surface area (Å²) in [5, 5.41) is 9.82. The quantitative estimate of drug-likeness (QED) is 0.368. The van der Waals surface area contributed by atoms with Gasteiger partial charge in [-0.05, 0) is 37.0 Å². The molecule has 10 heteroatoms. The van der Waals surface area contributed by atoms with E-state index in [4.69, 9.17) is 21.1 Å². The minimum atomic E-state index is -0.867. The summed E-state index contributed by atoms with van der Waals surface area (Å²) in [6.45, 7) is 0.465. The SMILES string of the molecule is CN1CCC(OC(=O)Oc2cccc(CCCl)c2)N(c2nnc(C3CCC3)s2)C1=O. The highest BCUT2D eigenvalue weighted by atomic mass is 35.5. The fourth-order valence-electron chi connectivity index (χ4n) is 3.40. The molecule has 2 aromatic rings. The molecule has 1 saturated heterocycles. The van der Waals surface area contributed by atoms with Crippen molar-refractivity contribution >= 4 is 40.3 Å². The number of hydrogen-bond acceptors (Lipinski definition) is 7. The van der Waals surface area contributed by atoms with Gasteiger partial charge < -0.3 is 14.4 Å². The van der Waals surface area contributed by atoms with Crippen LogP contribution in [0.5, 0.6) is 5.75 Å². The number of carbonyl (C=O) groups is 2. The maximum Gasteiger partial charge on any atom is 0.515 e. The van der Waals surface area contributed by atoms with E-state index >= 15 is 0 Å². The van der Waals surface area contributed by atoms with Crippen LogP contribution in [0.3, 0.4) is 0 Å². The van der Waals surface area contributed by atoms with Gasteiger partial charge in [-0.25, -0.2) is 14.5 Å². The average Bonchev–Trinajstić information content (AvgIpc) is 3.13. The molecule has 1 aliphatic heterocycles. The van der Waals surface area contributed by atoms with Crippen LogP contribution in [0.15, 0.2) is 24.3 Å². The van der Waals surface area contributed by atoms with Gasteiger partial charge >= 0.3 is 12.2 Å². The van der Waals surface area contributed by atoms with Crippen LogP contribution in [-0.2, 0) is 11.2 Å². The van der Waals surface area contributed by atoms with Gasteiger partial charge in [0.15, 0.2) is 6.23 Å². The van der Waals surface area contributed by atoms with Gasteiger partial charge in [0.2, 0.25) is 5.13 Å². The Kier molecular flexibility index (Phi) is 6.38. The number of urea groups is 1. The predicted octanol–water partition coefficient (Wildman–Crippen LogP) is 4.39. The van der Waals surface area contributed by atoms with Gasteiger partial charge in [0, 0.05) is 31.8 Å². The number of rotatable bonds is 6. The number of nitrogens with zero attached hydrogens (tertiary/aromatic N) is 4. The Morgan fingerprint density at radius 2 is 2.13 bits per heavy atom. The lowest BCUT2D eigenvalue weighted by atomic mass is 9.86. The molecule has 2 fully saturated rings. The zero-order valence-corrected chi connectivity index (χ0v) is 18.2. The molecule has 1 unspecified atom stereocenters. The molecule has 1 aromatic carbocycles. The molecule has 1 atom stereocenters. The topological polar surface area (TPSA) is 84.9 Å². The number of hydrogen-bond donors (Lipinski definition) is 0. The molecular weight excluding hydrogens is 428 g/mol. The first-order chi connectivity index (χ1) is 14.5. The van der Waals surface area contributed by atoms with E-state index < -0.39 is 12.4 Å². The van der Waals surface area contributed by atoms with Gasteiger partial charge in [-0.2, -0.15) is 0 Å². The van der Waals surface area contributed by atoms with E-state index in [1.54, 1.807) is 30.1 Å². The summed E-state index contributed by atoms with van der Waals surface area (Å²) >= 11 is 7.16. The number of amides is 2. The molecule has 2 aliphatic rings. The van der Waals surface area contributed by atoms with E-state index in [1.807, 2.05) is 6.07 Å². The highest BCUT2D eigenvalue weighted by molar-refractivity contribution is 7.15. The van der Waals surface area contributed by atoms with Crippen LogP contribution in [0.4, 0.5) is 14.7 Å². The van der Waals surface area contributed by atoms with Gasteiger partial charge in [-0.15, -0.1) is 21.8 Å². The van der Waals surface area contributed by atoms with E-state index in [0.29, 0.717) is 42.1 Å². The van der Waals surface area contributed by atoms with Gasteiger partial charge in [-0.3, -0.25) is 0 Å². The molecule has 0 bridgehead atoms. The van der Waals surface area contributed by atoms with E-state index in [1.165, 1.54) is 22.7 Å². The third-order valence-electron chi connectivity index (χ3n) is 5.34. The van der Waals surface area contributed by atoms with Crippen molar-refractivity contribution < 1.29 is 19.1 Å². The van der Waals surface area contributed by atoms with Crippen LogP contribution in [0.1, 0.15) is 42.2 Å². The van der Waals surface area contributed by atoms with Crippen molar-refractivity contribution in [1.82, 2.24) is 15.1 Å². The second-order valence-electron chi connectivity index (χ2n) is 7.42. The molecule has 2 amide bonds. The fraction of sp³-hybridized carbons (Fsp3) is 0.500. The largest absolute Gasteiger partial charge is 0.515 e. The highest BCUT2D eigenvalue weighted by Crippen LogP contribution is 2.40. The van der Waals surface area contributed by atoms with Gasteiger partial charge in [-0.1, -0.05) is 29.9 Å². The number of aryl methyl sites for hydroxylation is 1. The lowest BCUT2D eigenvalue weighted by molar-refractivity contribution is 0.0434. The standard InChI is InChI=1S/C20H23ClN4O4S/c1-24-11-9-16(29-20(27)28-15-7-2-4-13(12-15)8-10-21)25(19(24)26)18-23-22-17(30-18)14-5-3-6-14/h2,4,7,12,14,16H,3,5-6,8-11H2,1H3. The Hall–Kier alpha value is -2.39. The van der Waals surface area contributed by atoms with E-state index in [0.717, 1.165) is 23.4 Å². The van der Waals surface area contributed by atoms with E-state index in [-0.39, 0.29) is 6.03 Å². The molecule has 4 rings (SSSR count). The zero-order valence-electron chi connectivity index (χ0n) is 16.6. The summed E-state index contributed by atoms with van der Waals surface area (Å²) in [5.74, 6) is 1.26. The minimum absolute atomic E-state index is 0.278. The summed E-state index contributed by atoms with van der Waals surface area (Å²) in [5.41, 5.74) is 0.962. The first kappa shape index (κ1) is 20.9. The Balaban J connectivity index is 1.46. The van der Waals surface area contributed by atoms with Crippen molar-refractivity contribution in [3.8, 4) is 5.75 Å². The van der Waals surface area contributed by atoms with Crippen molar-refractivity contribution in [2.45, 2.75) is 44.2 Å². The molecular formula is C20H23ClN4O4S. The first-order valence-electron chi connectivity index (χ1n) is 9.96.